The molecular weight excluding hydrogens is 456 g/mol. The van der Waals surface area contributed by atoms with Crippen molar-refractivity contribution in [2.75, 3.05) is 19.5 Å². The first-order valence-electron chi connectivity index (χ1n) is 11.2. The van der Waals surface area contributed by atoms with Crippen LogP contribution < -0.4 is 14.8 Å². The number of benzene rings is 3. The summed E-state index contributed by atoms with van der Waals surface area (Å²) in [6.07, 6.45) is 1.71. The lowest BCUT2D eigenvalue weighted by Crippen LogP contribution is -2.13. The molecule has 0 saturated heterocycles. The van der Waals surface area contributed by atoms with Gasteiger partial charge < -0.3 is 9.47 Å². The van der Waals surface area contributed by atoms with Crippen LogP contribution in [0.25, 0.3) is 28.3 Å². The average molecular weight is 481 g/mol. The molecule has 0 aliphatic heterocycles. The Hall–Kier alpha value is -4.92. The van der Waals surface area contributed by atoms with E-state index in [-0.39, 0.29) is 11.9 Å². The van der Waals surface area contributed by atoms with Gasteiger partial charge in [-0.1, -0.05) is 42.0 Å². The lowest BCUT2D eigenvalue weighted by molar-refractivity contribution is 0.102. The van der Waals surface area contributed by atoms with E-state index >= 15 is 0 Å². The van der Waals surface area contributed by atoms with Gasteiger partial charge in [-0.15, -0.1) is 5.10 Å². The van der Waals surface area contributed by atoms with Crippen molar-refractivity contribution < 1.29 is 14.3 Å². The molecule has 5 rings (SSSR count). The van der Waals surface area contributed by atoms with Crippen LogP contribution in [0.1, 0.15) is 15.9 Å². The van der Waals surface area contributed by atoms with Crippen molar-refractivity contribution in [1.29, 1.82) is 0 Å². The maximum absolute atomic E-state index is 13.4. The van der Waals surface area contributed by atoms with E-state index in [0.29, 0.717) is 34.1 Å². The molecule has 1 amide bonds. The second kappa shape index (κ2) is 9.75. The average Bonchev–Trinajstić information content (AvgIpc) is 3.56. The molecule has 2 aromatic heterocycles. The molecule has 0 aliphatic carbocycles. The smallest absolute Gasteiger partial charge is 0.261 e. The summed E-state index contributed by atoms with van der Waals surface area (Å²) >= 11 is 0. The molecule has 2 N–H and O–H groups in total. The molecule has 0 fully saturated rings. The number of para-hydroxylation sites is 1. The van der Waals surface area contributed by atoms with Crippen LogP contribution in [-0.4, -0.2) is 45.1 Å². The highest BCUT2D eigenvalue weighted by molar-refractivity contribution is 6.07. The highest BCUT2D eigenvalue weighted by Crippen LogP contribution is 2.32. The van der Waals surface area contributed by atoms with Crippen LogP contribution >= 0.6 is 0 Å². The Morgan fingerprint density at radius 2 is 1.81 bits per heavy atom. The maximum atomic E-state index is 13.4. The summed E-state index contributed by atoms with van der Waals surface area (Å²) < 4.78 is 12.4. The lowest BCUT2D eigenvalue weighted by atomic mass is 10.1. The summed E-state index contributed by atoms with van der Waals surface area (Å²) in [6, 6.07) is 22.9. The number of ether oxygens (including phenoxy) is 2. The fourth-order valence-electron chi connectivity index (χ4n) is 3.86. The summed E-state index contributed by atoms with van der Waals surface area (Å²) in [5.41, 5.74) is 4.40. The molecule has 0 saturated carbocycles. The Kier molecular flexibility index (Phi) is 6.19. The predicted molar refractivity (Wildman–Crippen MR) is 137 cm³/mol. The number of carbonyl (C=O) groups excluding carboxylic acids is 1. The highest BCUT2D eigenvalue weighted by atomic mass is 16.5. The fourth-order valence-corrected chi connectivity index (χ4v) is 3.86. The van der Waals surface area contributed by atoms with Gasteiger partial charge in [-0.3, -0.25) is 15.2 Å². The van der Waals surface area contributed by atoms with E-state index in [1.54, 1.807) is 37.2 Å². The largest absolute Gasteiger partial charge is 0.497 e. The third kappa shape index (κ3) is 4.54. The number of hydrogen-bond acceptors (Lipinski definition) is 6. The minimum Gasteiger partial charge on any atom is -0.497 e. The number of methoxy groups -OCH3 is 2. The third-order valence-corrected chi connectivity index (χ3v) is 5.65. The maximum Gasteiger partial charge on any atom is 0.261 e. The summed E-state index contributed by atoms with van der Waals surface area (Å²) in [7, 11) is 3.15. The quantitative estimate of drug-likeness (QED) is 0.343. The number of aromatic nitrogens is 5. The first-order valence-corrected chi connectivity index (χ1v) is 11.2. The van der Waals surface area contributed by atoms with Crippen LogP contribution in [0.3, 0.4) is 0 Å². The van der Waals surface area contributed by atoms with E-state index in [4.69, 9.17) is 14.6 Å². The zero-order valence-electron chi connectivity index (χ0n) is 20.0. The van der Waals surface area contributed by atoms with E-state index in [1.165, 1.54) is 0 Å². The fraction of sp³-hybridized carbons (Fsp3) is 0.111. The van der Waals surface area contributed by atoms with Crippen molar-refractivity contribution in [2.24, 2.45) is 0 Å². The molecule has 0 aliphatic rings. The molecule has 3 aromatic carbocycles. The van der Waals surface area contributed by atoms with E-state index in [1.807, 2.05) is 67.6 Å². The van der Waals surface area contributed by atoms with Gasteiger partial charge in [0.2, 0.25) is 5.95 Å². The van der Waals surface area contributed by atoms with Crippen LogP contribution in [0.5, 0.6) is 11.5 Å². The first kappa shape index (κ1) is 22.9. The molecular formula is C27H24N6O3. The Bertz CT molecular complexity index is 1520. The molecule has 5 aromatic rings. The van der Waals surface area contributed by atoms with Gasteiger partial charge in [0.25, 0.3) is 5.91 Å². The number of aryl methyl sites for hydroxylation is 1. The zero-order chi connectivity index (χ0) is 25.1. The van der Waals surface area contributed by atoms with Crippen molar-refractivity contribution in [3.63, 3.8) is 0 Å². The molecule has 0 atom stereocenters. The Morgan fingerprint density at radius 1 is 0.972 bits per heavy atom. The van der Waals surface area contributed by atoms with Crippen molar-refractivity contribution in [2.45, 2.75) is 6.92 Å². The molecule has 2 heterocycles. The minimum atomic E-state index is -0.374. The minimum absolute atomic E-state index is 0.135. The van der Waals surface area contributed by atoms with Crippen molar-refractivity contribution >= 4 is 11.9 Å². The van der Waals surface area contributed by atoms with Gasteiger partial charge in [0.05, 0.1) is 31.0 Å². The molecule has 36 heavy (non-hydrogen) atoms. The number of amides is 1. The first-order chi connectivity index (χ1) is 17.6. The number of hydrogen-bond donors (Lipinski definition) is 2. The molecule has 9 nitrogen and oxygen atoms in total. The molecule has 0 bridgehead atoms. The summed E-state index contributed by atoms with van der Waals surface area (Å²) in [5, 5.41) is 14.5. The monoisotopic (exact) mass is 480 g/mol. The second-order valence-corrected chi connectivity index (χ2v) is 8.07. The standard InChI is InChI=1S/C27H24N6O3/c1-17-8-7-9-18(14-17)24-22(16-33(32-24)19-10-5-4-6-11-19)26(34)29-27-28-25(30-31-27)21-13-12-20(35-2)15-23(21)36-3/h4-16H,1-3H3,(H2,28,29,30,31,34). The van der Waals surface area contributed by atoms with Crippen LogP contribution in [0.2, 0.25) is 0 Å². The van der Waals surface area contributed by atoms with Crippen LogP contribution in [-0.2, 0) is 0 Å². The summed E-state index contributed by atoms with van der Waals surface area (Å²) in [6.45, 7) is 2.00. The number of nitrogens with one attached hydrogen (secondary N) is 2. The summed E-state index contributed by atoms with van der Waals surface area (Å²) in [4.78, 5) is 17.8. The zero-order valence-corrected chi connectivity index (χ0v) is 20.0. The normalized spacial score (nSPS) is 10.8. The van der Waals surface area contributed by atoms with E-state index in [2.05, 4.69) is 20.5 Å². The molecule has 0 spiro atoms. The van der Waals surface area contributed by atoms with Crippen molar-refractivity contribution in [3.05, 3.63) is 90.1 Å². The van der Waals surface area contributed by atoms with Crippen LogP contribution in [0.15, 0.2) is 79.0 Å². The van der Waals surface area contributed by atoms with Gasteiger partial charge >= 0.3 is 0 Å². The van der Waals surface area contributed by atoms with Gasteiger partial charge in [0.15, 0.2) is 5.82 Å². The van der Waals surface area contributed by atoms with Gasteiger partial charge in [-0.2, -0.15) is 10.1 Å². The van der Waals surface area contributed by atoms with Gasteiger partial charge in [-0.25, -0.2) is 4.68 Å². The van der Waals surface area contributed by atoms with Crippen LogP contribution in [0, 0.1) is 6.92 Å². The Labute approximate surface area is 207 Å². The SMILES string of the molecule is COc1ccc(-c2nc(NC(=O)c3cn(-c4ccccc4)nc3-c3cccc(C)c3)n[nH]2)c(OC)c1. The van der Waals surface area contributed by atoms with E-state index in [0.717, 1.165) is 16.8 Å². The Balaban J connectivity index is 1.47. The topological polar surface area (TPSA) is 107 Å². The third-order valence-electron chi connectivity index (χ3n) is 5.65. The molecule has 9 heteroatoms. The molecule has 0 radical (unpaired) electrons. The highest BCUT2D eigenvalue weighted by Gasteiger charge is 2.21. The molecule has 180 valence electrons. The van der Waals surface area contributed by atoms with E-state index in [9.17, 15) is 4.79 Å². The lowest BCUT2D eigenvalue weighted by Gasteiger charge is -2.07. The van der Waals surface area contributed by atoms with Crippen LogP contribution in [0.4, 0.5) is 5.95 Å². The number of aromatic amines is 1. The van der Waals surface area contributed by atoms with E-state index < -0.39 is 0 Å². The second-order valence-electron chi connectivity index (χ2n) is 8.07. The number of H-pyrrole nitrogens is 1. The number of nitrogens with zero attached hydrogens (tertiary/aromatic N) is 4. The number of rotatable bonds is 7. The van der Waals surface area contributed by atoms with Gasteiger partial charge in [0, 0.05) is 17.8 Å². The number of carbonyl (C=O) groups is 1. The molecule has 0 unspecified atom stereocenters. The predicted octanol–water partition coefficient (Wildman–Crippen LogP) is 4.90. The van der Waals surface area contributed by atoms with Gasteiger partial charge in [-0.05, 0) is 37.3 Å². The van der Waals surface area contributed by atoms with Crippen molar-refractivity contribution in [1.82, 2.24) is 25.0 Å². The summed E-state index contributed by atoms with van der Waals surface area (Å²) in [5.74, 6) is 1.43. The van der Waals surface area contributed by atoms with Crippen molar-refractivity contribution in [3.8, 4) is 39.8 Å². The number of anilines is 1. The van der Waals surface area contributed by atoms with Gasteiger partial charge in [0.1, 0.15) is 17.2 Å². The Morgan fingerprint density at radius 3 is 2.56 bits per heavy atom.